The molecule has 0 heterocycles. The van der Waals surface area contributed by atoms with Gasteiger partial charge in [0.1, 0.15) is 11.6 Å². The molecule has 0 fully saturated rings. The zero-order valence-corrected chi connectivity index (χ0v) is 17.8. The number of rotatable bonds is 7. The molecule has 0 atom stereocenters. The summed E-state index contributed by atoms with van der Waals surface area (Å²) in [5.41, 5.74) is 4.84. The second-order valence-electron chi connectivity index (χ2n) is 6.79. The average Bonchev–Trinajstić information content (AvgIpc) is 2.76. The molecule has 0 spiro atoms. The first-order valence-corrected chi connectivity index (χ1v) is 10.6. The molecule has 0 saturated heterocycles. The minimum Gasteiger partial charge on any atom is -0.349 e. The zero-order chi connectivity index (χ0) is 21.3. The number of carbonyl (C=O) groups is 1. The number of benzene rings is 3. The van der Waals surface area contributed by atoms with E-state index in [2.05, 4.69) is 35.8 Å². The summed E-state index contributed by atoms with van der Waals surface area (Å²) in [6.45, 7) is 3.97. The molecular formula is C25H23N3OS. The smallest absolute Gasteiger partial charge is 0.269 e. The van der Waals surface area contributed by atoms with E-state index < -0.39 is 5.91 Å². The summed E-state index contributed by atoms with van der Waals surface area (Å²) in [5, 5.41) is 16.5. The topological polar surface area (TPSA) is 64.9 Å². The Morgan fingerprint density at radius 2 is 1.50 bits per heavy atom. The van der Waals surface area contributed by atoms with Crippen LogP contribution in [0.3, 0.4) is 0 Å². The second-order valence-corrected chi connectivity index (χ2v) is 7.78. The van der Waals surface area contributed by atoms with Crippen molar-refractivity contribution in [3.63, 3.8) is 0 Å². The van der Waals surface area contributed by atoms with E-state index in [4.69, 9.17) is 0 Å². The maximum absolute atomic E-state index is 13.0. The van der Waals surface area contributed by atoms with Crippen LogP contribution in [0.5, 0.6) is 0 Å². The highest BCUT2D eigenvalue weighted by Crippen LogP contribution is 2.28. The lowest BCUT2D eigenvalue weighted by Gasteiger charge is -2.15. The van der Waals surface area contributed by atoms with E-state index in [0.29, 0.717) is 16.5 Å². The van der Waals surface area contributed by atoms with Crippen molar-refractivity contribution in [3.8, 4) is 6.07 Å². The van der Waals surface area contributed by atoms with Crippen LogP contribution in [0.15, 0.2) is 89.5 Å². The van der Waals surface area contributed by atoms with Crippen LogP contribution < -0.4 is 10.6 Å². The van der Waals surface area contributed by atoms with E-state index in [1.807, 2.05) is 73.7 Å². The molecule has 3 rings (SSSR count). The molecule has 0 bridgehead atoms. The van der Waals surface area contributed by atoms with Gasteiger partial charge in [-0.1, -0.05) is 60.7 Å². The SMILES string of the molecule is Cc1ccccc1CS/C(Nc1ccccc1)=C(\C#N)C(=O)Nc1ccccc1C. The largest absolute Gasteiger partial charge is 0.349 e. The Labute approximate surface area is 181 Å². The van der Waals surface area contributed by atoms with Crippen LogP contribution in [0, 0.1) is 25.2 Å². The summed E-state index contributed by atoms with van der Waals surface area (Å²) in [6.07, 6.45) is 0. The van der Waals surface area contributed by atoms with Gasteiger partial charge in [-0.3, -0.25) is 4.79 Å². The molecule has 2 N–H and O–H groups in total. The Balaban J connectivity index is 1.91. The molecule has 0 saturated carbocycles. The molecule has 1 amide bonds. The first-order valence-electron chi connectivity index (χ1n) is 9.59. The lowest BCUT2D eigenvalue weighted by Crippen LogP contribution is -2.17. The van der Waals surface area contributed by atoms with Gasteiger partial charge in [-0.05, 0) is 48.7 Å². The van der Waals surface area contributed by atoms with Gasteiger partial charge in [-0.25, -0.2) is 0 Å². The molecule has 3 aromatic rings. The Bertz CT molecular complexity index is 1100. The standard InChI is InChI=1S/C25H23N3OS/c1-18-10-6-8-12-20(18)17-30-25(27-21-13-4-3-5-14-21)22(16-26)24(29)28-23-15-9-7-11-19(23)2/h3-15,27H,17H2,1-2H3,(H,28,29)/b25-22+. The molecule has 0 unspecified atom stereocenters. The lowest BCUT2D eigenvalue weighted by molar-refractivity contribution is -0.112. The van der Waals surface area contributed by atoms with E-state index in [0.717, 1.165) is 16.8 Å². The van der Waals surface area contributed by atoms with Crippen molar-refractivity contribution in [2.24, 2.45) is 0 Å². The number of para-hydroxylation sites is 2. The second kappa shape index (κ2) is 10.3. The summed E-state index contributed by atoms with van der Waals surface area (Å²) in [6, 6.07) is 27.3. The van der Waals surface area contributed by atoms with Crippen molar-refractivity contribution in [1.29, 1.82) is 5.26 Å². The molecular weight excluding hydrogens is 390 g/mol. The van der Waals surface area contributed by atoms with Gasteiger partial charge in [0.25, 0.3) is 5.91 Å². The van der Waals surface area contributed by atoms with Crippen LogP contribution in [0.25, 0.3) is 0 Å². The van der Waals surface area contributed by atoms with Crippen molar-refractivity contribution in [1.82, 2.24) is 0 Å². The number of nitriles is 1. The number of thioether (sulfide) groups is 1. The lowest BCUT2D eigenvalue weighted by atomic mass is 10.1. The van der Waals surface area contributed by atoms with Gasteiger partial charge < -0.3 is 10.6 Å². The maximum atomic E-state index is 13.0. The van der Waals surface area contributed by atoms with Crippen LogP contribution in [0.2, 0.25) is 0 Å². The first kappa shape index (κ1) is 21.2. The molecule has 4 nitrogen and oxygen atoms in total. The van der Waals surface area contributed by atoms with Crippen molar-refractivity contribution >= 4 is 29.0 Å². The van der Waals surface area contributed by atoms with Gasteiger partial charge in [-0.2, -0.15) is 5.26 Å². The monoisotopic (exact) mass is 413 g/mol. The van der Waals surface area contributed by atoms with Crippen molar-refractivity contribution in [2.75, 3.05) is 10.6 Å². The van der Waals surface area contributed by atoms with E-state index in [1.165, 1.54) is 17.3 Å². The Hall–Kier alpha value is -3.49. The third-order valence-corrected chi connectivity index (χ3v) is 5.67. The number of carbonyl (C=O) groups excluding carboxylic acids is 1. The van der Waals surface area contributed by atoms with Crippen LogP contribution in [0.1, 0.15) is 16.7 Å². The molecule has 5 heteroatoms. The van der Waals surface area contributed by atoms with Gasteiger partial charge in [0.15, 0.2) is 0 Å². The first-order chi connectivity index (χ1) is 14.6. The number of aryl methyl sites for hydroxylation is 2. The van der Waals surface area contributed by atoms with Gasteiger partial charge in [0, 0.05) is 17.1 Å². The van der Waals surface area contributed by atoms with E-state index >= 15 is 0 Å². The average molecular weight is 414 g/mol. The number of nitrogens with one attached hydrogen (secondary N) is 2. The molecule has 0 aromatic heterocycles. The number of amides is 1. The third kappa shape index (κ3) is 5.53. The molecule has 0 aliphatic heterocycles. The van der Waals surface area contributed by atoms with Crippen LogP contribution in [-0.4, -0.2) is 5.91 Å². The summed E-state index contributed by atoms with van der Waals surface area (Å²) < 4.78 is 0. The molecule has 150 valence electrons. The van der Waals surface area contributed by atoms with Gasteiger partial charge >= 0.3 is 0 Å². The molecule has 3 aromatic carbocycles. The molecule has 0 aliphatic rings. The van der Waals surface area contributed by atoms with Gasteiger partial charge in [0.05, 0.1) is 5.03 Å². The molecule has 0 aliphatic carbocycles. The summed E-state index contributed by atoms with van der Waals surface area (Å²) in [4.78, 5) is 13.0. The van der Waals surface area contributed by atoms with Crippen molar-refractivity contribution in [3.05, 3.63) is 106 Å². The number of hydrogen-bond acceptors (Lipinski definition) is 4. The van der Waals surface area contributed by atoms with E-state index in [1.54, 1.807) is 0 Å². The number of hydrogen-bond donors (Lipinski definition) is 2. The minimum absolute atomic E-state index is 0.0562. The van der Waals surface area contributed by atoms with Crippen molar-refractivity contribution < 1.29 is 4.79 Å². The van der Waals surface area contributed by atoms with E-state index in [9.17, 15) is 10.1 Å². The Morgan fingerprint density at radius 3 is 2.17 bits per heavy atom. The predicted octanol–water partition coefficient (Wildman–Crippen LogP) is 6.02. The van der Waals surface area contributed by atoms with Gasteiger partial charge in [0.2, 0.25) is 0 Å². The third-order valence-electron chi connectivity index (χ3n) is 4.62. The summed E-state index contributed by atoms with van der Waals surface area (Å²) in [5.74, 6) is 0.215. The fourth-order valence-corrected chi connectivity index (χ4v) is 3.94. The van der Waals surface area contributed by atoms with E-state index in [-0.39, 0.29) is 5.57 Å². The minimum atomic E-state index is -0.428. The molecule has 0 radical (unpaired) electrons. The fourth-order valence-electron chi connectivity index (χ4n) is 2.85. The fraction of sp³-hybridized carbons (Fsp3) is 0.120. The van der Waals surface area contributed by atoms with Crippen LogP contribution >= 0.6 is 11.8 Å². The zero-order valence-electron chi connectivity index (χ0n) is 17.0. The number of nitrogens with zero attached hydrogens (tertiary/aromatic N) is 1. The van der Waals surface area contributed by atoms with Gasteiger partial charge in [-0.15, -0.1) is 11.8 Å². The van der Waals surface area contributed by atoms with Crippen molar-refractivity contribution in [2.45, 2.75) is 19.6 Å². The highest BCUT2D eigenvalue weighted by atomic mass is 32.2. The summed E-state index contributed by atoms with van der Waals surface area (Å²) in [7, 11) is 0. The predicted molar refractivity (Wildman–Crippen MR) is 125 cm³/mol. The highest BCUT2D eigenvalue weighted by Gasteiger charge is 2.18. The van der Waals surface area contributed by atoms with Crippen LogP contribution in [-0.2, 0) is 10.5 Å². The Kier molecular flexibility index (Phi) is 7.31. The quantitative estimate of drug-likeness (QED) is 0.367. The Morgan fingerprint density at radius 1 is 0.867 bits per heavy atom. The maximum Gasteiger partial charge on any atom is 0.269 e. The summed E-state index contributed by atoms with van der Waals surface area (Å²) >= 11 is 1.44. The number of anilines is 2. The van der Waals surface area contributed by atoms with Crippen LogP contribution in [0.4, 0.5) is 11.4 Å². The normalized spacial score (nSPS) is 11.2. The molecule has 30 heavy (non-hydrogen) atoms. The highest BCUT2D eigenvalue weighted by molar-refractivity contribution is 8.02.